The number of aromatic nitrogens is 2. The molecule has 0 aliphatic rings. The molecule has 0 bridgehead atoms. The molecule has 0 aliphatic heterocycles. The van der Waals surface area contributed by atoms with Crippen LogP contribution in [-0.4, -0.2) is 21.4 Å². The first-order valence-electron chi connectivity index (χ1n) is 9.45. The second-order valence-corrected chi connectivity index (χ2v) is 6.71. The van der Waals surface area contributed by atoms with E-state index in [9.17, 15) is 9.59 Å². The number of rotatable bonds is 7. The van der Waals surface area contributed by atoms with E-state index in [1.54, 1.807) is 48.9 Å². The van der Waals surface area contributed by atoms with Gasteiger partial charge < -0.3 is 19.6 Å². The molecule has 0 saturated heterocycles. The Morgan fingerprint density at radius 3 is 2.47 bits per heavy atom. The first kappa shape index (κ1) is 19.2. The molecular formula is C23H20N4O3. The SMILES string of the molecule is O=C(Nc1ccccc1C(=O)NCc1ccc(Cn2ccnc2)cc1)c1ccco1. The standard InChI is InChI=1S/C23H20N4O3/c28-22(19-4-1-2-5-20(19)26-23(29)21-6-3-13-30-21)25-14-17-7-9-18(10-8-17)15-27-12-11-24-16-27/h1-13,16H,14-15H2,(H,25,28)(H,26,29). The number of para-hydroxylation sites is 1. The second kappa shape index (κ2) is 8.91. The van der Waals surface area contributed by atoms with Gasteiger partial charge in [-0.3, -0.25) is 9.59 Å². The Hall–Kier alpha value is -4.13. The van der Waals surface area contributed by atoms with E-state index in [0.29, 0.717) is 17.8 Å². The van der Waals surface area contributed by atoms with Crippen molar-refractivity contribution in [1.29, 1.82) is 0 Å². The van der Waals surface area contributed by atoms with Gasteiger partial charge in [0.2, 0.25) is 0 Å². The van der Waals surface area contributed by atoms with Gasteiger partial charge in [0.15, 0.2) is 5.76 Å². The van der Waals surface area contributed by atoms with Crippen LogP contribution in [0.2, 0.25) is 0 Å². The van der Waals surface area contributed by atoms with Crippen molar-refractivity contribution in [2.24, 2.45) is 0 Å². The van der Waals surface area contributed by atoms with E-state index < -0.39 is 5.91 Å². The minimum absolute atomic E-state index is 0.181. The highest BCUT2D eigenvalue weighted by atomic mass is 16.3. The summed E-state index contributed by atoms with van der Waals surface area (Å²) in [4.78, 5) is 29.0. The molecule has 0 radical (unpaired) electrons. The lowest BCUT2D eigenvalue weighted by Gasteiger charge is -2.11. The van der Waals surface area contributed by atoms with Crippen LogP contribution in [0.4, 0.5) is 5.69 Å². The van der Waals surface area contributed by atoms with Gasteiger partial charge in [-0.2, -0.15) is 0 Å². The van der Waals surface area contributed by atoms with Crippen LogP contribution in [0.5, 0.6) is 0 Å². The highest BCUT2D eigenvalue weighted by Gasteiger charge is 2.15. The first-order chi connectivity index (χ1) is 14.7. The van der Waals surface area contributed by atoms with Gasteiger partial charge in [-0.1, -0.05) is 36.4 Å². The molecule has 2 N–H and O–H groups in total. The molecule has 0 spiro atoms. The Kier molecular flexibility index (Phi) is 5.70. The summed E-state index contributed by atoms with van der Waals surface area (Å²) in [6, 6.07) is 18.1. The quantitative estimate of drug-likeness (QED) is 0.495. The van der Waals surface area contributed by atoms with E-state index in [0.717, 1.165) is 17.7 Å². The average Bonchev–Trinajstić information content (AvgIpc) is 3.48. The summed E-state index contributed by atoms with van der Waals surface area (Å²) in [5, 5.41) is 5.62. The fraction of sp³-hybridized carbons (Fsp3) is 0.0870. The predicted molar refractivity (Wildman–Crippen MR) is 112 cm³/mol. The maximum absolute atomic E-state index is 12.7. The molecule has 7 nitrogen and oxygen atoms in total. The van der Waals surface area contributed by atoms with Crippen molar-refractivity contribution in [2.45, 2.75) is 13.1 Å². The van der Waals surface area contributed by atoms with Crippen molar-refractivity contribution in [1.82, 2.24) is 14.9 Å². The molecule has 4 rings (SSSR count). The minimum atomic E-state index is -0.409. The van der Waals surface area contributed by atoms with Gasteiger partial charge >= 0.3 is 0 Å². The molecule has 2 heterocycles. The number of carbonyl (C=O) groups is 2. The minimum Gasteiger partial charge on any atom is -0.459 e. The van der Waals surface area contributed by atoms with Gasteiger partial charge in [-0.15, -0.1) is 0 Å². The fourth-order valence-electron chi connectivity index (χ4n) is 3.01. The van der Waals surface area contributed by atoms with Crippen molar-refractivity contribution >= 4 is 17.5 Å². The number of imidazole rings is 1. The van der Waals surface area contributed by atoms with E-state index in [1.165, 1.54) is 6.26 Å². The number of hydrogen-bond acceptors (Lipinski definition) is 4. The summed E-state index contributed by atoms with van der Waals surface area (Å²) in [5.41, 5.74) is 2.94. The molecule has 0 fully saturated rings. The number of furan rings is 1. The number of amides is 2. The van der Waals surface area contributed by atoms with E-state index >= 15 is 0 Å². The second-order valence-electron chi connectivity index (χ2n) is 6.71. The Morgan fingerprint density at radius 2 is 1.73 bits per heavy atom. The molecule has 0 atom stereocenters. The molecule has 150 valence electrons. The van der Waals surface area contributed by atoms with Crippen molar-refractivity contribution in [3.8, 4) is 0 Å². The maximum Gasteiger partial charge on any atom is 0.291 e. The molecular weight excluding hydrogens is 380 g/mol. The Balaban J connectivity index is 1.38. The van der Waals surface area contributed by atoms with Crippen molar-refractivity contribution in [3.05, 3.63) is 108 Å². The third-order valence-electron chi connectivity index (χ3n) is 4.57. The Morgan fingerprint density at radius 1 is 0.933 bits per heavy atom. The van der Waals surface area contributed by atoms with Crippen molar-refractivity contribution in [3.63, 3.8) is 0 Å². The monoisotopic (exact) mass is 400 g/mol. The third-order valence-corrected chi connectivity index (χ3v) is 4.57. The zero-order valence-corrected chi connectivity index (χ0v) is 16.1. The van der Waals surface area contributed by atoms with Gasteiger partial charge in [0, 0.05) is 25.5 Å². The predicted octanol–water partition coefficient (Wildman–Crippen LogP) is 3.71. The number of anilines is 1. The molecule has 2 amide bonds. The van der Waals surface area contributed by atoms with Gasteiger partial charge in [-0.05, 0) is 35.4 Å². The van der Waals surface area contributed by atoms with Gasteiger partial charge in [0.05, 0.1) is 23.8 Å². The number of carbonyl (C=O) groups excluding carboxylic acids is 2. The van der Waals surface area contributed by atoms with Crippen molar-refractivity contribution < 1.29 is 14.0 Å². The number of hydrogen-bond donors (Lipinski definition) is 2. The summed E-state index contributed by atoms with van der Waals surface area (Å²) in [7, 11) is 0. The normalized spacial score (nSPS) is 10.5. The molecule has 2 aromatic carbocycles. The third kappa shape index (κ3) is 4.64. The molecule has 7 heteroatoms. The van der Waals surface area contributed by atoms with Crippen LogP contribution in [0.25, 0.3) is 0 Å². The zero-order valence-electron chi connectivity index (χ0n) is 16.1. The summed E-state index contributed by atoms with van der Waals surface area (Å²) in [6.07, 6.45) is 6.86. The van der Waals surface area contributed by atoms with E-state index in [1.807, 2.05) is 35.0 Å². The van der Waals surface area contributed by atoms with Crippen LogP contribution < -0.4 is 10.6 Å². The Labute approximate surface area is 173 Å². The van der Waals surface area contributed by atoms with Crippen LogP contribution in [0.15, 0.2) is 90.1 Å². The molecule has 30 heavy (non-hydrogen) atoms. The average molecular weight is 400 g/mol. The van der Waals surface area contributed by atoms with Gasteiger partial charge in [0.25, 0.3) is 11.8 Å². The number of nitrogens with zero attached hydrogens (tertiary/aromatic N) is 2. The highest BCUT2D eigenvalue weighted by molar-refractivity contribution is 6.07. The maximum atomic E-state index is 12.7. The van der Waals surface area contributed by atoms with E-state index in [-0.39, 0.29) is 11.7 Å². The lowest BCUT2D eigenvalue weighted by molar-refractivity contribution is 0.0952. The Bertz CT molecular complexity index is 1120. The summed E-state index contributed by atoms with van der Waals surface area (Å²) in [5.74, 6) is -0.498. The van der Waals surface area contributed by atoms with E-state index in [4.69, 9.17) is 4.42 Å². The highest BCUT2D eigenvalue weighted by Crippen LogP contribution is 2.17. The van der Waals surface area contributed by atoms with Crippen LogP contribution in [-0.2, 0) is 13.1 Å². The van der Waals surface area contributed by atoms with Crippen LogP contribution >= 0.6 is 0 Å². The smallest absolute Gasteiger partial charge is 0.291 e. The lowest BCUT2D eigenvalue weighted by atomic mass is 10.1. The molecule has 0 aliphatic carbocycles. The lowest BCUT2D eigenvalue weighted by Crippen LogP contribution is -2.24. The topological polar surface area (TPSA) is 89.2 Å². The van der Waals surface area contributed by atoms with Crippen LogP contribution in [0.1, 0.15) is 32.0 Å². The summed E-state index contributed by atoms with van der Waals surface area (Å²) >= 11 is 0. The summed E-state index contributed by atoms with van der Waals surface area (Å²) in [6.45, 7) is 1.13. The first-order valence-corrected chi connectivity index (χ1v) is 9.45. The molecule has 2 aromatic heterocycles. The van der Waals surface area contributed by atoms with Crippen LogP contribution in [0, 0.1) is 0 Å². The largest absolute Gasteiger partial charge is 0.459 e. The summed E-state index contributed by atoms with van der Waals surface area (Å²) < 4.78 is 7.09. The van der Waals surface area contributed by atoms with Crippen molar-refractivity contribution in [2.75, 3.05) is 5.32 Å². The van der Waals surface area contributed by atoms with Gasteiger partial charge in [-0.25, -0.2) is 4.98 Å². The van der Waals surface area contributed by atoms with E-state index in [2.05, 4.69) is 15.6 Å². The van der Waals surface area contributed by atoms with Gasteiger partial charge in [0.1, 0.15) is 0 Å². The number of benzene rings is 2. The number of nitrogens with one attached hydrogen (secondary N) is 2. The van der Waals surface area contributed by atoms with Crippen LogP contribution in [0.3, 0.4) is 0 Å². The zero-order chi connectivity index (χ0) is 20.8. The fourth-order valence-corrected chi connectivity index (χ4v) is 3.01. The molecule has 4 aromatic rings. The molecule has 0 saturated carbocycles. The molecule has 0 unspecified atom stereocenters.